The summed E-state index contributed by atoms with van der Waals surface area (Å²) in [5.41, 5.74) is 5.36. The van der Waals surface area contributed by atoms with Crippen molar-refractivity contribution < 1.29 is 0 Å². The van der Waals surface area contributed by atoms with Gasteiger partial charge in [0, 0.05) is 6.54 Å². The number of nitrogens with zero attached hydrogens (tertiary/aromatic N) is 2. The predicted octanol–water partition coefficient (Wildman–Crippen LogP) is -0.850. The van der Waals surface area contributed by atoms with Crippen molar-refractivity contribution in [3.05, 3.63) is 0 Å². The highest BCUT2D eigenvalue weighted by Gasteiger charge is 2.37. The van der Waals surface area contributed by atoms with E-state index < -0.39 is 0 Å². The number of nitrogens with one attached hydrogen (secondary N) is 1. The number of hydrogen-bond acceptors (Lipinski definition) is 3. The summed E-state index contributed by atoms with van der Waals surface area (Å²) >= 11 is 0. The average Bonchev–Trinajstić information content (AvgIpc) is 2.18. The van der Waals surface area contributed by atoms with Crippen LogP contribution in [0, 0.1) is 11.3 Å². The lowest BCUT2D eigenvalue weighted by molar-refractivity contribution is 0.0331. The van der Waals surface area contributed by atoms with Gasteiger partial charge in [0.25, 0.3) is 0 Å². The van der Waals surface area contributed by atoms with Crippen LogP contribution in [0.5, 0.6) is 0 Å². The van der Waals surface area contributed by atoms with E-state index in [1.54, 1.807) is 0 Å². The van der Waals surface area contributed by atoms with Crippen LogP contribution in [0.4, 0.5) is 0 Å². The molecule has 5 nitrogen and oxygen atoms in total. The molecule has 0 saturated carbocycles. The smallest absolute Gasteiger partial charge is 0.203 e. The lowest BCUT2D eigenvalue weighted by Crippen LogP contribution is -2.62. The molecule has 0 amide bonds. The second-order valence-electron chi connectivity index (χ2n) is 4.00. The van der Waals surface area contributed by atoms with E-state index in [-0.39, 0.29) is 12.0 Å². The molecule has 0 aromatic heterocycles. The normalized spacial score (nSPS) is 37.5. The minimum Gasteiger partial charge on any atom is -0.369 e. The van der Waals surface area contributed by atoms with Crippen molar-refractivity contribution in [2.45, 2.75) is 18.9 Å². The zero-order valence-electron chi connectivity index (χ0n) is 7.74. The Kier molecular flexibility index (Phi) is 2.13. The molecule has 0 radical (unpaired) electrons. The Morgan fingerprint density at radius 1 is 1.38 bits per heavy atom. The first-order valence-electron chi connectivity index (χ1n) is 4.79. The maximum Gasteiger partial charge on any atom is 0.203 e. The maximum atomic E-state index is 7.28. The van der Waals surface area contributed by atoms with Crippen LogP contribution >= 0.6 is 0 Å². The molecule has 13 heavy (non-hydrogen) atoms. The summed E-state index contributed by atoms with van der Waals surface area (Å²) in [6, 6.07) is 0.264. The molecule has 3 heterocycles. The minimum absolute atomic E-state index is 0.0150. The lowest BCUT2D eigenvalue weighted by Gasteiger charge is -2.47. The molecule has 0 spiro atoms. The zero-order chi connectivity index (χ0) is 9.42. The molecule has 74 valence electrons. The van der Waals surface area contributed by atoms with Gasteiger partial charge in [-0.1, -0.05) is 0 Å². The van der Waals surface area contributed by atoms with Crippen LogP contribution in [0.1, 0.15) is 12.8 Å². The summed E-state index contributed by atoms with van der Waals surface area (Å²) in [5.74, 6) is 6.36. The molecule has 0 aromatic rings. The van der Waals surface area contributed by atoms with Gasteiger partial charge in [-0.05, 0) is 31.8 Å². The van der Waals surface area contributed by atoms with Gasteiger partial charge in [0.15, 0.2) is 0 Å². The molecular formula is C8H17N5. The summed E-state index contributed by atoms with van der Waals surface area (Å²) in [6.45, 7) is 3.35. The fraction of sp³-hybridized carbons (Fsp3) is 0.875. The van der Waals surface area contributed by atoms with Crippen LogP contribution in [0.3, 0.4) is 0 Å². The number of rotatable bonds is 1. The van der Waals surface area contributed by atoms with Crippen molar-refractivity contribution in [3.8, 4) is 0 Å². The largest absolute Gasteiger partial charge is 0.369 e. The van der Waals surface area contributed by atoms with Gasteiger partial charge in [0.2, 0.25) is 5.96 Å². The van der Waals surface area contributed by atoms with E-state index in [1.165, 1.54) is 30.9 Å². The van der Waals surface area contributed by atoms with Crippen LogP contribution in [0.2, 0.25) is 0 Å². The Bertz CT molecular complexity index is 209. The minimum atomic E-state index is -0.0150. The highest BCUT2D eigenvalue weighted by molar-refractivity contribution is 5.74. The highest BCUT2D eigenvalue weighted by atomic mass is 15.5. The van der Waals surface area contributed by atoms with Crippen LogP contribution in [0.15, 0.2) is 0 Å². The van der Waals surface area contributed by atoms with Crippen molar-refractivity contribution in [2.75, 3.05) is 19.6 Å². The Morgan fingerprint density at radius 2 is 2.00 bits per heavy atom. The van der Waals surface area contributed by atoms with E-state index >= 15 is 0 Å². The van der Waals surface area contributed by atoms with E-state index in [0.29, 0.717) is 5.92 Å². The summed E-state index contributed by atoms with van der Waals surface area (Å²) in [7, 11) is 0. The summed E-state index contributed by atoms with van der Waals surface area (Å²) in [4.78, 5) is 2.40. The summed E-state index contributed by atoms with van der Waals surface area (Å²) < 4.78 is 0. The van der Waals surface area contributed by atoms with Gasteiger partial charge < -0.3 is 10.6 Å². The average molecular weight is 183 g/mol. The monoisotopic (exact) mass is 183 g/mol. The Labute approximate surface area is 78.1 Å². The zero-order valence-corrected chi connectivity index (χ0v) is 7.74. The second kappa shape index (κ2) is 3.16. The van der Waals surface area contributed by atoms with E-state index in [0.717, 1.165) is 6.54 Å². The Balaban J connectivity index is 2.04. The molecule has 5 heteroatoms. The quantitative estimate of drug-likeness (QED) is 0.214. The first-order chi connectivity index (χ1) is 6.18. The number of hydrogen-bond donors (Lipinski definition) is 3. The number of nitrogens with two attached hydrogens (primary N) is 2. The van der Waals surface area contributed by atoms with E-state index in [4.69, 9.17) is 17.0 Å². The number of guanidine groups is 1. The molecule has 0 unspecified atom stereocenters. The van der Waals surface area contributed by atoms with Gasteiger partial charge in [-0.25, -0.2) is 5.84 Å². The molecule has 0 aromatic carbocycles. The maximum absolute atomic E-state index is 7.28. The molecule has 3 saturated heterocycles. The number of fused-ring (bicyclic) bond motifs is 3. The van der Waals surface area contributed by atoms with Gasteiger partial charge in [0.1, 0.15) is 0 Å². The van der Waals surface area contributed by atoms with Gasteiger partial charge in [-0.3, -0.25) is 10.4 Å². The van der Waals surface area contributed by atoms with E-state index in [1.807, 2.05) is 0 Å². The fourth-order valence-electron chi connectivity index (χ4n) is 2.43. The van der Waals surface area contributed by atoms with Gasteiger partial charge in [-0.15, -0.1) is 0 Å². The first-order valence-corrected chi connectivity index (χ1v) is 4.79. The topological polar surface area (TPSA) is 82.4 Å². The predicted molar refractivity (Wildman–Crippen MR) is 50.9 cm³/mol. The highest BCUT2D eigenvalue weighted by Crippen LogP contribution is 2.29. The Hall–Kier alpha value is -0.810. The molecule has 3 fully saturated rings. The van der Waals surface area contributed by atoms with Crippen molar-refractivity contribution >= 4 is 5.96 Å². The molecule has 3 aliphatic rings. The van der Waals surface area contributed by atoms with Crippen molar-refractivity contribution in [2.24, 2.45) is 17.5 Å². The van der Waals surface area contributed by atoms with Crippen molar-refractivity contribution in [3.63, 3.8) is 0 Å². The standard InChI is InChI=1S/C8H17N5/c9-8(10)13(11)7-5-12-3-1-6(7)2-4-12/h6-7H,1-5,11H2,(H3,9,10)/t7-/m0/s1. The molecule has 3 rings (SSSR count). The van der Waals surface area contributed by atoms with Crippen LogP contribution in [-0.2, 0) is 0 Å². The molecule has 1 atom stereocenters. The van der Waals surface area contributed by atoms with Crippen molar-refractivity contribution in [1.82, 2.24) is 9.91 Å². The Morgan fingerprint density at radius 3 is 2.38 bits per heavy atom. The number of hydrazine groups is 1. The van der Waals surface area contributed by atoms with Gasteiger partial charge >= 0.3 is 0 Å². The molecule has 0 aliphatic carbocycles. The fourth-order valence-corrected chi connectivity index (χ4v) is 2.43. The third-order valence-electron chi connectivity index (χ3n) is 3.26. The lowest BCUT2D eigenvalue weighted by atomic mass is 9.84. The SMILES string of the molecule is N=C(N)N(N)[C@H]1CN2CCC1CC2. The number of piperidine rings is 3. The van der Waals surface area contributed by atoms with E-state index in [9.17, 15) is 0 Å². The third-order valence-corrected chi connectivity index (χ3v) is 3.26. The van der Waals surface area contributed by atoms with Crippen LogP contribution < -0.4 is 11.6 Å². The molecule has 2 bridgehead atoms. The first kappa shape index (κ1) is 8.77. The second-order valence-corrected chi connectivity index (χ2v) is 4.00. The van der Waals surface area contributed by atoms with Gasteiger partial charge in [0.05, 0.1) is 6.04 Å². The summed E-state index contributed by atoms with van der Waals surface area (Å²) in [5, 5.41) is 8.70. The third kappa shape index (κ3) is 1.49. The van der Waals surface area contributed by atoms with Crippen LogP contribution in [-0.4, -0.2) is 41.5 Å². The van der Waals surface area contributed by atoms with E-state index in [2.05, 4.69) is 4.90 Å². The van der Waals surface area contributed by atoms with Crippen LogP contribution in [0.25, 0.3) is 0 Å². The molecule has 3 aliphatic heterocycles. The molecular weight excluding hydrogens is 166 g/mol. The van der Waals surface area contributed by atoms with Gasteiger partial charge in [-0.2, -0.15) is 0 Å². The van der Waals surface area contributed by atoms with Crippen molar-refractivity contribution in [1.29, 1.82) is 5.41 Å². The molecule has 5 N–H and O–H groups in total. The summed E-state index contributed by atoms with van der Waals surface area (Å²) in [6.07, 6.45) is 2.40.